The molecule has 2 aromatic rings. The summed E-state index contributed by atoms with van der Waals surface area (Å²) in [5.74, 6) is 0.503. The molecule has 0 aliphatic heterocycles. The number of anilines is 1. The standard InChI is InChI=1S/C16H16BrNO2/c1-11-7-9-13(10-8-11)20-12(2)16(19)18-15-6-4-3-5-14(15)17/h3-10,12H,1-2H3,(H,18,19)/t12-/m1/s1. The van der Waals surface area contributed by atoms with Gasteiger partial charge in [0.25, 0.3) is 5.91 Å². The monoisotopic (exact) mass is 333 g/mol. The van der Waals surface area contributed by atoms with Gasteiger partial charge in [0.15, 0.2) is 6.10 Å². The maximum atomic E-state index is 12.1. The van der Waals surface area contributed by atoms with E-state index in [2.05, 4.69) is 21.2 Å². The van der Waals surface area contributed by atoms with Crippen molar-refractivity contribution in [2.45, 2.75) is 20.0 Å². The Morgan fingerprint density at radius 2 is 1.80 bits per heavy atom. The van der Waals surface area contributed by atoms with Crippen molar-refractivity contribution in [3.8, 4) is 5.75 Å². The maximum absolute atomic E-state index is 12.1. The molecule has 1 atom stereocenters. The molecule has 2 rings (SSSR count). The molecule has 0 spiro atoms. The molecule has 4 heteroatoms. The number of ether oxygens (including phenoxy) is 1. The van der Waals surface area contributed by atoms with Crippen LogP contribution in [0.1, 0.15) is 12.5 Å². The van der Waals surface area contributed by atoms with Gasteiger partial charge < -0.3 is 10.1 Å². The summed E-state index contributed by atoms with van der Waals surface area (Å²) in [6.45, 7) is 3.74. The van der Waals surface area contributed by atoms with Crippen LogP contribution in [-0.2, 0) is 4.79 Å². The zero-order valence-corrected chi connectivity index (χ0v) is 13.0. The summed E-state index contributed by atoms with van der Waals surface area (Å²) in [4.78, 5) is 12.1. The lowest BCUT2D eigenvalue weighted by molar-refractivity contribution is -0.122. The van der Waals surface area contributed by atoms with E-state index in [1.807, 2.05) is 55.5 Å². The molecule has 0 unspecified atom stereocenters. The molecule has 0 aliphatic rings. The van der Waals surface area contributed by atoms with E-state index in [4.69, 9.17) is 4.74 Å². The molecule has 3 nitrogen and oxygen atoms in total. The van der Waals surface area contributed by atoms with Crippen LogP contribution in [0.3, 0.4) is 0 Å². The molecule has 1 amide bonds. The Hall–Kier alpha value is -1.81. The zero-order chi connectivity index (χ0) is 14.5. The number of rotatable bonds is 4. The number of hydrogen-bond acceptors (Lipinski definition) is 2. The number of carbonyl (C=O) groups excluding carboxylic acids is 1. The highest BCUT2D eigenvalue weighted by molar-refractivity contribution is 9.10. The van der Waals surface area contributed by atoms with Gasteiger partial charge in [-0.25, -0.2) is 0 Å². The van der Waals surface area contributed by atoms with Crippen molar-refractivity contribution in [3.63, 3.8) is 0 Å². The van der Waals surface area contributed by atoms with Gasteiger partial charge in [-0.1, -0.05) is 29.8 Å². The first kappa shape index (κ1) is 14.6. The first-order valence-corrected chi connectivity index (χ1v) is 7.14. The average molecular weight is 334 g/mol. The topological polar surface area (TPSA) is 38.3 Å². The molecule has 0 aliphatic carbocycles. The Morgan fingerprint density at radius 1 is 1.15 bits per heavy atom. The quantitative estimate of drug-likeness (QED) is 0.912. The van der Waals surface area contributed by atoms with Crippen LogP contribution in [0.25, 0.3) is 0 Å². The largest absolute Gasteiger partial charge is 0.481 e. The first-order valence-electron chi connectivity index (χ1n) is 6.35. The van der Waals surface area contributed by atoms with Gasteiger partial charge in [-0.15, -0.1) is 0 Å². The predicted octanol–water partition coefficient (Wildman–Crippen LogP) is 4.16. The Morgan fingerprint density at radius 3 is 2.45 bits per heavy atom. The fourth-order valence-corrected chi connectivity index (χ4v) is 2.06. The molecule has 0 saturated heterocycles. The van der Waals surface area contributed by atoms with Crippen LogP contribution in [0.5, 0.6) is 5.75 Å². The number of nitrogens with one attached hydrogen (secondary N) is 1. The highest BCUT2D eigenvalue weighted by atomic mass is 79.9. The van der Waals surface area contributed by atoms with Crippen molar-refractivity contribution in [2.24, 2.45) is 0 Å². The fraction of sp³-hybridized carbons (Fsp3) is 0.188. The van der Waals surface area contributed by atoms with Gasteiger partial charge in [0, 0.05) is 4.47 Å². The van der Waals surface area contributed by atoms with E-state index in [-0.39, 0.29) is 5.91 Å². The van der Waals surface area contributed by atoms with E-state index in [0.717, 1.165) is 15.7 Å². The van der Waals surface area contributed by atoms with Gasteiger partial charge in [0.05, 0.1) is 5.69 Å². The molecule has 0 aromatic heterocycles. The number of carbonyl (C=O) groups is 1. The summed E-state index contributed by atoms with van der Waals surface area (Å²) in [5.41, 5.74) is 1.89. The smallest absolute Gasteiger partial charge is 0.265 e. The van der Waals surface area contributed by atoms with Crippen molar-refractivity contribution in [1.29, 1.82) is 0 Å². The van der Waals surface area contributed by atoms with Crippen LogP contribution in [-0.4, -0.2) is 12.0 Å². The fourth-order valence-electron chi connectivity index (χ4n) is 1.67. The third kappa shape index (κ3) is 3.84. The van der Waals surface area contributed by atoms with Gasteiger partial charge in [0.1, 0.15) is 5.75 Å². The molecular formula is C16H16BrNO2. The molecule has 0 heterocycles. The van der Waals surface area contributed by atoms with Crippen molar-refractivity contribution in [3.05, 3.63) is 58.6 Å². The molecule has 0 saturated carbocycles. The molecule has 20 heavy (non-hydrogen) atoms. The third-order valence-electron chi connectivity index (χ3n) is 2.83. The summed E-state index contributed by atoms with van der Waals surface area (Å²) in [6.07, 6.45) is -0.565. The van der Waals surface area contributed by atoms with Crippen molar-refractivity contribution >= 4 is 27.5 Å². The maximum Gasteiger partial charge on any atom is 0.265 e. The number of halogens is 1. The van der Waals surface area contributed by atoms with Crippen LogP contribution >= 0.6 is 15.9 Å². The van der Waals surface area contributed by atoms with Crippen molar-refractivity contribution < 1.29 is 9.53 Å². The van der Waals surface area contributed by atoms with Crippen molar-refractivity contribution in [2.75, 3.05) is 5.32 Å². The second-order valence-electron chi connectivity index (χ2n) is 4.54. The lowest BCUT2D eigenvalue weighted by Crippen LogP contribution is -2.30. The van der Waals surface area contributed by atoms with Crippen LogP contribution in [0, 0.1) is 6.92 Å². The lowest BCUT2D eigenvalue weighted by atomic mass is 10.2. The van der Waals surface area contributed by atoms with Gasteiger partial charge in [-0.05, 0) is 54.0 Å². The molecule has 0 fully saturated rings. The van der Waals surface area contributed by atoms with Crippen molar-refractivity contribution in [1.82, 2.24) is 0 Å². The molecule has 0 bridgehead atoms. The third-order valence-corrected chi connectivity index (χ3v) is 3.53. The van der Waals surface area contributed by atoms with Crippen LogP contribution < -0.4 is 10.1 Å². The number of amides is 1. The van der Waals surface area contributed by atoms with Crippen LogP contribution in [0.15, 0.2) is 53.0 Å². The number of aryl methyl sites for hydroxylation is 1. The molecular weight excluding hydrogens is 318 g/mol. The van der Waals surface area contributed by atoms with Crippen LogP contribution in [0.4, 0.5) is 5.69 Å². The Bertz CT molecular complexity index is 596. The number of hydrogen-bond donors (Lipinski definition) is 1. The predicted molar refractivity (Wildman–Crippen MR) is 84.0 cm³/mol. The molecule has 104 valence electrons. The van der Waals surface area contributed by atoms with E-state index in [0.29, 0.717) is 5.75 Å². The second kappa shape index (κ2) is 6.57. The molecule has 1 N–H and O–H groups in total. The van der Waals surface area contributed by atoms with E-state index in [1.54, 1.807) is 6.92 Å². The van der Waals surface area contributed by atoms with E-state index in [1.165, 1.54) is 0 Å². The van der Waals surface area contributed by atoms with Gasteiger partial charge in [-0.2, -0.15) is 0 Å². The minimum Gasteiger partial charge on any atom is -0.481 e. The SMILES string of the molecule is Cc1ccc(O[C@H](C)C(=O)Nc2ccccc2Br)cc1. The van der Waals surface area contributed by atoms with Crippen LogP contribution in [0.2, 0.25) is 0 Å². The van der Waals surface area contributed by atoms with E-state index < -0.39 is 6.10 Å². The lowest BCUT2D eigenvalue weighted by Gasteiger charge is -2.15. The zero-order valence-electron chi connectivity index (χ0n) is 11.4. The Balaban J connectivity index is 1.99. The van der Waals surface area contributed by atoms with E-state index >= 15 is 0 Å². The molecule has 0 radical (unpaired) electrons. The van der Waals surface area contributed by atoms with Gasteiger partial charge in [-0.3, -0.25) is 4.79 Å². The number of para-hydroxylation sites is 1. The summed E-state index contributed by atoms with van der Waals surface area (Å²) in [5, 5.41) is 2.83. The summed E-state index contributed by atoms with van der Waals surface area (Å²) in [7, 11) is 0. The Kier molecular flexibility index (Phi) is 4.79. The molecule has 2 aromatic carbocycles. The number of benzene rings is 2. The Labute approximate surface area is 127 Å². The normalized spacial score (nSPS) is 11.8. The summed E-state index contributed by atoms with van der Waals surface area (Å²) < 4.78 is 6.46. The van der Waals surface area contributed by atoms with E-state index in [9.17, 15) is 4.79 Å². The highest BCUT2D eigenvalue weighted by Gasteiger charge is 2.15. The summed E-state index contributed by atoms with van der Waals surface area (Å²) in [6, 6.07) is 15.1. The van der Waals surface area contributed by atoms with Gasteiger partial charge in [0.2, 0.25) is 0 Å². The second-order valence-corrected chi connectivity index (χ2v) is 5.40. The first-order chi connectivity index (χ1) is 9.56. The highest BCUT2D eigenvalue weighted by Crippen LogP contribution is 2.21. The van der Waals surface area contributed by atoms with Gasteiger partial charge >= 0.3 is 0 Å². The average Bonchev–Trinajstić information content (AvgIpc) is 2.44. The minimum absolute atomic E-state index is 0.183. The minimum atomic E-state index is -0.565. The summed E-state index contributed by atoms with van der Waals surface area (Å²) >= 11 is 3.39.